The number of halogens is 3. The summed E-state index contributed by atoms with van der Waals surface area (Å²) < 4.78 is 28.3. The first kappa shape index (κ1) is 16.4. The Morgan fingerprint density at radius 1 is 1.10 bits per heavy atom. The molecule has 0 amide bonds. The average Bonchev–Trinajstić information content (AvgIpc) is 2.98. The summed E-state index contributed by atoms with van der Waals surface area (Å²) in [5.41, 5.74) is 1.12. The van der Waals surface area contributed by atoms with E-state index in [1.807, 2.05) is 16.8 Å². The van der Waals surface area contributed by atoms with Gasteiger partial charge in [0.1, 0.15) is 11.6 Å². The van der Waals surface area contributed by atoms with E-state index in [4.69, 9.17) is 0 Å². The first-order valence-electron chi connectivity index (χ1n) is 6.68. The highest BCUT2D eigenvalue weighted by atomic mass is 35.5. The van der Waals surface area contributed by atoms with E-state index in [1.165, 1.54) is 18.2 Å². The fraction of sp³-hybridized carbons (Fsp3) is 0.333. The van der Waals surface area contributed by atoms with Gasteiger partial charge >= 0.3 is 0 Å². The van der Waals surface area contributed by atoms with E-state index in [9.17, 15) is 8.78 Å². The number of nitrogens with zero attached hydrogens (tertiary/aromatic N) is 1. The molecule has 0 radical (unpaired) electrons. The Morgan fingerprint density at radius 3 is 2.33 bits per heavy atom. The van der Waals surface area contributed by atoms with Crippen molar-refractivity contribution >= 4 is 23.7 Å². The van der Waals surface area contributed by atoms with Gasteiger partial charge in [0.15, 0.2) is 0 Å². The Labute approximate surface area is 133 Å². The molecule has 2 aromatic rings. The maximum atomic E-state index is 14.2. The van der Waals surface area contributed by atoms with Crippen LogP contribution in [-0.4, -0.2) is 31.1 Å². The van der Waals surface area contributed by atoms with Crippen molar-refractivity contribution in [3.05, 3.63) is 57.8 Å². The number of rotatable bonds is 3. The van der Waals surface area contributed by atoms with Gasteiger partial charge in [-0.05, 0) is 34.5 Å². The largest absolute Gasteiger partial charge is 0.314 e. The van der Waals surface area contributed by atoms with Crippen LogP contribution in [0.5, 0.6) is 0 Å². The number of hydrogen-bond acceptors (Lipinski definition) is 3. The molecule has 0 saturated carbocycles. The first-order chi connectivity index (χ1) is 9.77. The quantitative estimate of drug-likeness (QED) is 0.927. The maximum absolute atomic E-state index is 14.2. The van der Waals surface area contributed by atoms with E-state index in [1.54, 1.807) is 11.3 Å². The van der Waals surface area contributed by atoms with Crippen LogP contribution in [0.4, 0.5) is 8.78 Å². The van der Waals surface area contributed by atoms with E-state index in [-0.39, 0.29) is 24.0 Å². The molecule has 2 nitrogen and oxygen atoms in total. The van der Waals surface area contributed by atoms with Crippen molar-refractivity contribution in [3.8, 4) is 0 Å². The van der Waals surface area contributed by atoms with Crippen LogP contribution < -0.4 is 5.32 Å². The molecule has 2 heterocycles. The van der Waals surface area contributed by atoms with Gasteiger partial charge in [0.05, 0.1) is 6.04 Å². The van der Waals surface area contributed by atoms with Crippen molar-refractivity contribution in [1.82, 2.24) is 10.2 Å². The summed E-state index contributed by atoms with van der Waals surface area (Å²) in [5, 5.41) is 7.19. The topological polar surface area (TPSA) is 15.3 Å². The summed E-state index contributed by atoms with van der Waals surface area (Å²) >= 11 is 1.55. The average molecular weight is 331 g/mol. The van der Waals surface area contributed by atoms with Crippen LogP contribution in [-0.2, 0) is 0 Å². The molecule has 0 spiro atoms. The minimum Gasteiger partial charge on any atom is -0.314 e. The Balaban J connectivity index is 0.00000161. The molecule has 1 atom stereocenters. The van der Waals surface area contributed by atoms with Gasteiger partial charge in [-0.15, -0.1) is 12.4 Å². The highest BCUT2D eigenvalue weighted by Gasteiger charge is 2.28. The molecule has 0 unspecified atom stereocenters. The van der Waals surface area contributed by atoms with Crippen molar-refractivity contribution in [2.45, 2.75) is 6.04 Å². The fourth-order valence-electron chi connectivity index (χ4n) is 2.70. The van der Waals surface area contributed by atoms with E-state index in [0.29, 0.717) is 0 Å². The molecule has 6 heteroatoms. The second kappa shape index (κ2) is 7.31. The molecule has 1 aromatic carbocycles. The molecule has 1 aliphatic heterocycles. The van der Waals surface area contributed by atoms with E-state index in [2.05, 4.69) is 10.2 Å². The number of hydrogen-bond donors (Lipinski definition) is 1. The van der Waals surface area contributed by atoms with Crippen LogP contribution >= 0.6 is 23.7 Å². The normalized spacial score (nSPS) is 17.2. The zero-order valence-electron chi connectivity index (χ0n) is 11.4. The number of benzene rings is 1. The zero-order chi connectivity index (χ0) is 13.9. The van der Waals surface area contributed by atoms with Crippen molar-refractivity contribution in [1.29, 1.82) is 0 Å². The minimum absolute atomic E-state index is 0. The third-order valence-electron chi connectivity index (χ3n) is 3.65. The molecule has 1 saturated heterocycles. The number of nitrogens with one attached hydrogen (secondary N) is 1. The van der Waals surface area contributed by atoms with E-state index in [0.717, 1.165) is 31.7 Å². The van der Waals surface area contributed by atoms with Gasteiger partial charge in [0.2, 0.25) is 0 Å². The monoisotopic (exact) mass is 330 g/mol. The smallest absolute Gasteiger partial charge is 0.131 e. The first-order valence-corrected chi connectivity index (χ1v) is 7.62. The molecule has 3 rings (SSSR count). The second-order valence-electron chi connectivity index (χ2n) is 4.88. The predicted octanol–water partition coefficient (Wildman–Crippen LogP) is 3.44. The lowest BCUT2D eigenvalue weighted by molar-refractivity contribution is 0.192. The van der Waals surface area contributed by atoms with Gasteiger partial charge in [-0.3, -0.25) is 4.90 Å². The van der Waals surface area contributed by atoms with Crippen LogP contribution in [0.3, 0.4) is 0 Å². The standard InChI is InChI=1S/C15H16F2N2S.ClH/c16-12-2-1-3-13(17)14(12)15(11-4-9-20-10-11)19-7-5-18-6-8-19;/h1-4,9-10,15,18H,5-8H2;1H/t15-;/m0./s1. The van der Waals surface area contributed by atoms with Gasteiger partial charge in [0.25, 0.3) is 0 Å². The summed E-state index contributed by atoms with van der Waals surface area (Å²) in [7, 11) is 0. The van der Waals surface area contributed by atoms with Gasteiger partial charge in [-0.2, -0.15) is 11.3 Å². The highest BCUT2D eigenvalue weighted by molar-refractivity contribution is 7.08. The molecule has 1 fully saturated rings. The lowest BCUT2D eigenvalue weighted by Gasteiger charge is -2.35. The van der Waals surface area contributed by atoms with Crippen LogP contribution in [0, 0.1) is 11.6 Å². The van der Waals surface area contributed by atoms with Crippen molar-refractivity contribution < 1.29 is 8.78 Å². The Morgan fingerprint density at radius 2 is 1.76 bits per heavy atom. The van der Waals surface area contributed by atoms with Crippen LogP contribution in [0.25, 0.3) is 0 Å². The van der Waals surface area contributed by atoms with Crippen LogP contribution in [0.15, 0.2) is 35.0 Å². The van der Waals surface area contributed by atoms with E-state index >= 15 is 0 Å². The molecule has 21 heavy (non-hydrogen) atoms. The van der Waals surface area contributed by atoms with Crippen molar-refractivity contribution in [3.63, 3.8) is 0 Å². The number of piperazine rings is 1. The minimum atomic E-state index is -0.472. The molecular weight excluding hydrogens is 314 g/mol. The Kier molecular flexibility index (Phi) is 5.70. The van der Waals surface area contributed by atoms with Crippen molar-refractivity contribution in [2.24, 2.45) is 0 Å². The maximum Gasteiger partial charge on any atom is 0.131 e. The molecule has 114 valence electrons. The van der Waals surface area contributed by atoms with Crippen LogP contribution in [0.1, 0.15) is 17.2 Å². The van der Waals surface area contributed by atoms with Gasteiger partial charge in [0, 0.05) is 31.7 Å². The Hall–Kier alpha value is -1.01. The molecule has 1 N–H and O–H groups in total. The highest BCUT2D eigenvalue weighted by Crippen LogP contribution is 2.33. The second-order valence-corrected chi connectivity index (χ2v) is 5.66. The molecular formula is C15H17ClF2N2S. The molecule has 1 aromatic heterocycles. The lowest BCUT2D eigenvalue weighted by atomic mass is 9.97. The Bertz CT molecular complexity index is 551. The third-order valence-corrected chi connectivity index (χ3v) is 4.35. The van der Waals surface area contributed by atoms with Crippen LogP contribution in [0.2, 0.25) is 0 Å². The lowest BCUT2D eigenvalue weighted by Crippen LogP contribution is -2.45. The summed E-state index contributed by atoms with van der Waals surface area (Å²) in [6, 6.07) is 5.68. The van der Waals surface area contributed by atoms with Crippen molar-refractivity contribution in [2.75, 3.05) is 26.2 Å². The summed E-state index contributed by atoms with van der Waals surface area (Å²) in [4.78, 5) is 2.14. The number of thiophene rings is 1. The van der Waals surface area contributed by atoms with E-state index < -0.39 is 11.6 Å². The molecule has 0 bridgehead atoms. The van der Waals surface area contributed by atoms with Gasteiger partial charge in [-0.1, -0.05) is 6.07 Å². The predicted molar refractivity (Wildman–Crippen MR) is 84.2 cm³/mol. The molecule has 0 aliphatic carbocycles. The summed E-state index contributed by atoms with van der Waals surface area (Å²) in [6.45, 7) is 3.26. The SMILES string of the molecule is Cl.Fc1cccc(F)c1[C@H](c1ccsc1)N1CCNCC1. The summed E-state index contributed by atoms with van der Waals surface area (Å²) in [6.07, 6.45) is 0. The third kappa shape index (κ3) is 3.43. The zero-order valence-corrected chi connectivity index (χ0v) is 13.0. The van der Waals surface area contributed by atoms with Gasteiger partial charge < -0.3 is 5.32 Å². The molecule has 1 aliphatic rings. The van der Waals surface area contributed by atoms with Gasteiger partial charge in [-0.25, -0.2) is 8.78 Å². The summed E-state index contributed by atoms with van der Waals surface area (Å²) in [5.74, 6) is -0.945. The fourth-order valence-corrected chi connectivity index (χ4v) is 3.38.